The molecule has 0 unspecified atom stereocenters. The molecule has 0 spiro atoms. The van der Waals surface area contributed by atoms with Gasteiger partial charge in [-0.1, -0.05) is 12.1 Å². The minimum Gasteiger partial charge on any atom is -0.396 e. The lowest BCUT2D eigenvalue weighted by Crippen LogP contribution is -2.38. The van der Waals surface area contributed by atoms with E-state index in [1.807, 2.05) is 0 Å². The Kier molecular flexibility index (Phi) is 7.51. The number of morpholine rings is 1. The number of alkyl halides is 3. The molecule has 4 heterocycles. The zero-order chi connectivity index (χ0) is 27.9. The summed E-state index contributed by atoms with van der Waals surface area (Å²) in [5.74, 6) is 0.656. The SMILES string of the molecule is Cc1c(Cc2c(CN3CCC(S(C)(=O)=O)CC3)nc3c(N)cc(N4CCOCC4)nn23)cccc1C(F)(F)F. The van der Waals surface area contributed by atoms with Gasteiger partial charge >= 0.3 is 6.18 Å². The molecule has 0 radical (unpaired) electrons. The topological polar surface area (TPSA) is 106 Å². The minimum absolute atomic E-state index is 0.164. The van der Waals surface area contributed by atoms with Crippen LogP contribution >= 0.6 is 0 Å². The summed E-state index contributed by atoms with van der Waals surface area (Å²) in [6.45, 7) is 5.49. The Morgan fingerprint density at radius 3 is 2.46 bits per heavy atom. The quantitative estimate of drug-likeness (QED) is 0.486. The highest BCUT2D eigenvalue weighted by Crippen LogP contribution is 2.34. The minimum atomic E-state index is -4.46. The lowest BCUT2D eigenvalue weighted by Gasteiger charge is -2.30. The number of aromatic nitrogens is 3. The van der Waals surface area contributed by atoms with Crippen LogP contribution in [0, 0.1) is 6.92 Å². The number of likely N-dealkylation sites (tertiary alicyclic amines) is 1. The van der Waals surface area contributed by atoms with Gasteiger partial charge in [-0.05, 0) is 50.0 Å². The van der Waals surface area contributed by atoms with E-state index in [-0.39, 0.29) is 17.2 Å². The third-order valence-corrected chi connectivity index (χ3v) is 9.42. The summed E-state index contributed by atoms with van der Waals surface area (Å²) in [5, 5.41) is 4.47. The number of ether oxygens (including phenoxy) is 1. The van der Waals surface area contributed by atoms with Crippen molar-refractivity contribution in [1.29, 1.82) is 0 Å². The summed E-state index contributed by atoms with van der Waals surface area (Å²) in [6.07, 6.45) is -1.96. The Bertz CT molecular complexity index is 1460. The summed E-state index contributed by atoms with van der Waals surface area (Å²) in [7, 11) is -3.11. The summed E-state index contributed by atoms with van der Waals surface area (Å²) in [4.78, 5) is 9.00. The van der Waals surface area contributed by atoms with Gasteiger partial charge in [-0.2, -0.15) is 13.2 Å². The number of hydrogen-bond acceptors (Lipinski definition) is 8. The maximum atomic E-state index is 13.7. The number of benzene rings is 1. The number of imidazole rings is 1. The number of hydrogen-bond donors (Lipinski definition) is 1. The van der Waals surface area contributed by atoms with Gasteiger partial charge in [0.05, 0.1) is 41.1 Å². The molecule has 2 saturated heterocycles. The largest absolute Gasteiger partial charge is 0.416 e. The highest BCUT2D eigenvalue weighted by molar-refractivity contribution is 7.91. The van der Waals surface area contributed by atoms with Crippen molar-refractivity contribution in [2.75, 3.05) is 56.3 Å². The molecule has 2 aromatic heterocycles. The number of nitrogens with two attached hydrogens (primary N) is 1. The molecule has 5 rings (SSSR count). The predicted octanol–water partition coefficient (Wildman–Crippen LogP) is 3.08. The highest BCUT2D eigenvalue weighted by atomic mass is 32.2. The number of sulfone groups is 1. The number of nitrogens with zero attached hydrogens (tertiary/aromatic N) is 5. The van der Waals surface area contributed by atoms with Gasteiger partial charge in [0.15, 0.2) is 11.5 Å². The average molecular weight is 567 g/mol. The van der Waals surface area contributed by atoms with Crippen molar-refractivity contribution in [2.24, 2.45) is 0 Å². The van der Waals surface area contributed by atoms with Gasteiger partial charge in [-0.25, -0.2) is 17.9 Å². The second-order valence-electron chi connectivity index (χ2n) is 10.4. The molecular weight excluding hydrogens is 533 g/mol. The number of rotatable bonds is 6. The van der Waals surface area contributed by atoms with Gasteiger partial charge in [-0.3, -0.25) is 4.90 Å². The van der Waals surface area contributed by atoms with E-state index in [1.165, 1.54) is 19.2 Å². The Balaban J connectivity index is 1.54. The molecule has 0 atom stereocenters. The first-order chi connectivity index (χ1) is 18.4. The van der Waals surface area contributed by atoms with Crippen molar-refractivity contribution < 1.29 is 26.3 Å². The molecule has 9 nitrogen and oxygen atoms in total. The van der Waals surface area contributed by atoms with Gasteiger partial charge in [0.2, 0.25) is 0 Å². The fraction of sp³-hybridized carbons (Fsp3) is 0.538. The van der Waals surface area contributed by atoms with Crippen LogP contribution < -0.4 is 10.6 Å². The molecule has 2 aliphatic rings. The van der Waals surface area contributed by atoms with E-state index in [4.69, 9.17) is 20.6 Å². The van der Waals surface area contributed by atoms with Crippen LogP contribution in [-0.4, -0.2) is 78.8 Å². The molecule has 3 aromatic rings. The number of anilines is 2. The third kappa shape index (κ3) is 5.85. The van der Waals surface area contributed by atoms with Crippen LogP contribution in [0.1, 0.15) is 40.9 Å². The molecule has 2 aliphatic heterocycles. The monoisotopic (exact) mass is 566 g/mol. The smallest absolute Gasteiger partial charge is 0.396 e. The number of halogens is 3. The molecule has 2 N–H and O–H groups in total. The highest BCUT2D eigenvalue weighted by Gasteiger charge is 2.33. The molecular formula is C26H33F3N6O3S. The standard InChI is InChI=1S/C26H33F3N6O3S/c1-17-18(4-3-5-20(17)26(27,28)29)14-23-22(16-33-8-6-19(7-9-33)39(2,36)37)31-25-21(30)15-24(32-35(23)25)34-10-12-38-13-11-34/h3-5,15,19H,6-14,16,30H2,1-2H3. The Morgan fingerprint density at radius 1 is 1.13 bits per heavy atom. The normalized spacial score (nSPS) is 18.2. The first-order valence-electron chi connectivity index (χ1n) is 13.0. The lowest BCUT2D eigenvalue weighted by atomic mass is 9.97. The number of piperidine rings is 1. The van der Waals surface area contributed by atoms with Crippen molar-refractivity contribution in [1.82, 2.24) is 19.5 Å². The van der Waals surface area contributed by atoms with Gasteiger partial charge in [0.1, 0.15) is 9.84 Å². The van der Waals surface area contributed by atoms with Gasteiger partial charge in [0, 0.05) is 38.4 Å². The molecule has 212 valence electrons. The van der Waals surface area contributed by atoms with Crippen LogP contribution in [-0.2, 0) is 33.7 Å². The van der Waals surface area contributed by atoms with E-state index in [0.717, 1.165) is 6.07 Å². The Labute approximate surface area is 225 Å². The zero-order valence-corrected chi connectivity index (χ0v) is 22.9. The summed E-state index contributed by atoms with van der Waals surface area (Å²) >= 11 is 0. The first kappa shape index (κ1) is 27.7. The van der Waals surface area contributed by atoms with Crippen molar-refractivity contribution in [3.63, 3.8) is 0 Å². The van der Waals surface area contributed by atoms with E-state index >= 15 is 0 Å². The molecule has 0 aliphatic carbocycles. The van der Waals surface area contributed by atoms with E-state index in [1.54, 1.807) is 16.6 Å². The molecule has 0 bridgehead atoms. The molecule has 0 saturated carbocycles. The second-order valence-corrected chi connectivity index (χ2v) is 12.7. The lowest BCUT2D eigenvalue weighted by molar-refractivity contribution is -0.138. The molecule has 13 heteroatoms. The van der Waals surface area contributed by atoms with E-state index in [9.17, 15) is 21.6 Å². The third-order valence-electron chi connectivity index (χ3n) is 7.73. The van der Waals surface area contributed by atoms with Crippen LogP contribution in [0.2, 0.25) is 0 Å². The molecule has 1 aromatic carbocycles. The number of nitrogen functional groups attached to an aromatic ring is 1. The van der Waals surface area contributed by atoms with Crippen molar-refractivity contribution in [3.05, 3.63) is 52.3 Å². The summed E-state index contributed by atoms with van der Waals surface area (Å²) in [5.41, 5.74) is 8.68. The maximum Gasteiger partial charge on any atom is 0.416 e. The van der Waals surface area contributed by atoms with Crippen molar-refractivity contribution in [2.45, 2.75) is 44.2 Å². The van der Waals surface area contributed by atoms with Crippen LogP contribution in [0.15, 0.2) is 24.3 Å². The maximum absolute atomic E-state index is 13.7. The summed E-state index contributed by atoms with van der Waals surface area (Å²) in [6, 6.07) is 5.98. The van der Waals surface area contributed by atoms with E-state index in [0.29, 0.717) is 92.9 Å². The van der Waals surface area contributed by atoms with E-state index in [2.05, 4.69) is 9.80 Å². The van der Waals surface area contributed by atoms with Gasteiger partial charge < -0.3 is 15.4 Å². The fourth-order valence-corrected chi connectivity index (χ4v) is 6.51. The molecule has 39 heavy (non-hydrogen) atoms. The first-order valence-corrected chi connectivity index (χ1v) is 14.9. The van der Waals surface area contributed by atoms with Gasteiger partial charge in [0.25, 0.3) is 0 Å². The Hall–Kier alpha value is -2.90. The van der Waals surface area contributed by atoms with Crippen molar-refractivity contribution in [3.8, 4) is 0 Å². The van der Waals surface area contributed by atoms with Crippen LogP contribution in [0.3, 0.4) is 0 Å². The Morgan fingerprint density at radius 2 is 1.82 bits per heavy atom. The van der Waals surface area contributed by atoms with Crippen molar-refractivity contribution >= 4 is 27.0 Å². The predicted molar refractivity (Wildman–Crippen MR) is 143 cm³/mol. The van der Waals surface area contributed by atoms with Gasteiger partial charge in [-0.15, -0.1) is 5.10 Å². The van der Waals surface area contributed by atoms with E-state index < -0.39 is 21.6 Å². The van der Waals surface area contributed by atoms with Crippen LogP contribution in [0.25, 0.3) is 5.65 Å². The second kappa shape index (κ2) is 10.6. The fourth-order valence-electron chi connectivity index (χ4n) is 5.44. The summed E-state index contributed by atoms with van der Waals surface area (Å²) < 4.78 is 72.1. The van der Waals surface area contributed by atoms with Crippen LogP contribution in [0.5, 0.6) is 0 Å². The average Bonchev–Trinajstić information content (AvgIpc) is 3.22. The molecule has 2 fully saturated rings. The number of fused-ring (bicyclic) bond motifs is 1. The molecule has 0 amide bonds. The van der Waals surface area contributed by atoms with Crippen LogP contribution in [0.4, 0.5) is 24.7 Å². The zero-order valence-electron chi connectivity index (χ0n) is 22.0.